The monoisotopic (exact) mass is 408 g/mol. The zero-order chi connectivity index (χ0) is 21.6. The second-order valence-corrected chi connectivity index (χ2v) is 7.46. The van der Waals surface area contributed by atoms with Crippen molar-refractivity contribution in [2.24, 2.45) is 0 Å². The molecule has 2 nitrogen and oxygen atoms in total. The van der Waals surface area contributed by atoms with Gasteiger partial charge in [0.2, 0.25) is 0 Å². The maximum atomic E-state index is 6.84. The predicted molar refractivity (Wildman–Crippen MR) is 126 cm³/mol. The number of methoxy groups -OCH3 is 1. The van der Waals surface area contributed by atoms with Gasteiger partial charge in [0.05, 0.1) is 0 Å². The quantitative estimate of drug-likeness (QED) is 0.329. The van der Waals surface area contributed by atoms with Crippen LogP contribution in [-0.2, 0) is 20.7 Å². The third-order valence-corrected chi connectivity index (χ3v) is 5.88. The molecule has 0 aliphatic heterocycles. The summed E-state index contributed by atoms with van der Waals surface area (Å²) in [5.41, 5.74) is 2.31. The summed E-state index contributed by atoms with van der Waals surface area (Å²) in [4.78, 5) is 0. The number of hydrogen-bond acceptors (Lipinski definition) is 2. The van der Waals surface area contributed by atoms with Gasteiger partial charge in [-0.15, -0.1) is 0 Å². The van der Waals surface area contributed by atoms with Gasteiger partial charge in [-0.3, -0.25) is 0 Å². The molecule has 4 aromatic carbocycles. The van der Waals surface area contributed by atoms with E-state index >= 15 is 0 Å². The number of hydrogen-bond donors (Lipinski definition) is 0. The molecule has 0 unspecified atom stereocenters. The van der Waals surface area contributed by atoms with Crippen LogP contribution in [0.1, 0.15) is 29.2 Å². The molecule has 156 valence electrons. The summed E-state index contributed by atoms with van der Waals surface area (Å²) in [5, 5.41) is 0. The summed E-state index contributed by atoms with van der Waals surface area (Å²) < 4.78 is 13.5. The summed E-state index contributed by atoms with van der Waals surface area (Å²) in [6, 6.07) is 41.6. The van der Waals surface area contributed by atoms with E-state index in [2.05, 4.69) is 97.1 Å². The highest BCUT2D eigenvalue weighted by molar-refractivity contribution is 5.51. The average molecular weight is 409 g/mol. The van der Waals surface area contributed by atoms with Crippen LogP contribution in [0.3, 0.4) is 0 Å². The van der Waals surface area contributed by atoms with E-state index in [0.717, 1.165) is 22.3 Å². The van der Waals surface area contributed by atoms with Gasteiger partial charge in [-0.2, -0.15) is 0 Å². The van der Waals surface area contributed by atoms with Crippen LogP contribution in [0.5, 0.6) is 0 Å². The Balaban J connectivity index is 2.18. The van der Waals surface area contributed by atoms with E-state index in [-0.39, 0.29) is 0 Å². The summed E-state index contributed by atoms with van der Waals surface area (Å²) >= 11 is 0. The molecule has 0 N–H and O–H groups in total. The Kier molecular flexibility index (Phi) is 6.31. The van der Waals surface area contributed by atoms with E-state index in [1.807, 2.05) is 31.2 Å². The molecule has 0 spiro atoms. The molecule has 0 aromatic heterocycles. The van der Waals surface area contributed by atoms with Crippen molar-refractivity contribution in [3.63, 3.8) is 0 Å². The van der Waals surface area contributed by atoms with E-state index in [1.54, 1.807) is 7.11 Å². The number of rotatable bonds is 8. The minimum absolute atomic E-state index is 0.522. The van der Waals surface area contributed by atoms with Crippen molar-refractivity contribution in [2.75, 3.05) is 13.7 Å². The van der Waals surface area contributed by atoms with E-state index in [1.165, 1.54) is 0 Å². The molecule has 0 saturated carbocycles. The molecule has 0 aliphatic carbocycles. The van der Waals surface area contributed by atoms with Crippen LogP contribution in [0.4, 0.5) is 0 Å². The largest absolute Gasteiger partial charge is 0.365 e. The van der Waals surface area contributed by atoms with Gasteiger partial charge >= 0.3 is 0 Å². The maximum Gasteiger partial charge on any atom is 0.155 e. The lowest BCUT2D eigenvalue weighted by atomic mass is 9.66. The minimum atomic E-state index is -0.922. The second kappa shape index (κ2) is 9.30. The number of benzene rings is 4. The first-order chi connectivity index (χ1) is 15.3. The van der Waals surface area contributed by atoms with Crippen LogP contribution in [0.25, 0.3) is 0 Å². The van der Waals surface area contributed by atoms with Gasteiger partial charge in [0.15, 0.2) is 11.2 Å². The van der Waals surface area contributed by atoms with Gasteiger partial charge in [-0.1, -0.05) is 121 Å². The van der Waals surface area contributed by atoms with Crippen LogP contribution in [0.15, 0.2) is 121 Å². The first-order valence-electron chi connectivity index (χ1n) is 10.7. The Morgan fingerprint density at radius 3 is 1.03 bits per heavy atom. The topological polar surface area (TPSA) is 18.5 Å². The van der Waals surface area contributed by atoms with E-state index in [0.29, 0.717) is 6.61 Å². The standard InChI is InChI=1S/C29H28O2/c1-3-31-29(26-20-12-6-13-21-26,27-22-14-7-15-23-27)28(30-2,24-16-8-4-9-17-24)25-18-10-5-11-19-25/h4-23H,3H2,1-2H3. The van der Waals surface area contributed by atoms with Crippen molar-refractivity contribution in [2.45, 2.75) is 18.1 Å². The Hall–Kier alpha value is -3.20. The molecular formula is C29H28O2. The Morgan fingerprint density at radius 1 is 0.484 bits per heavy atom. The fraction of sp³-hybridized carbons (Fsp3) is 0.172. The Morgan fingerprint density at radius 2 is 0.774 bits per heavy atom. The lowest BCUT2D eigenvalue weighted by Gasteiger charge is -2.50. The first kappa shape index (κ1) is 21.0. The highest BCUT2D eigenvalue weighted by Gasteiger charge is 2.57. The molecule has 4 aromatic rings. The van der Waals surface area contributed by atoms with Crippen molar-refractivity contribution in [1.82, 2.24) is 0 Å². The van der Waals surface area contributed by atoms with Crippen LogP contribution in [0.2, 0.25) is 0 Å². The fourth-order valence-electron chi connectivity index (χ4n) is 4.70. The molecule has 0 aliphatic rings. The molecule has 2 heteroatoms. The lowest BCUT2D eigenvalue weighted by Crippen LogP contribution is -2.54. The molecule has 4 rings (SSSR count). The third-order valence-electron chi connectivity index (χ3n) is 5.88. The SMILES string of the molecule is CCOC(c1ccccc1)(c1ccccc1)C(OC)(c1ccccc1)c1ccccc1. The highest BCUT2D eigenvalue weighted by atomic mass is 16.6. The molecule has 0 atom stereocenters. The zero-order valence-electron chi connectivity index (χ0n) is 18.1. The summed E-state index contributed by atoms with van der Waals surface area (Å²) in [6.07, 6.45) is 0. The lowest BCUT2D eigenvalue weighted by molar-refractivity contribution is -0.166. The molecule has 0 radical (unpaired) electrons. The van der Waals surface area contributed by atoms with Gasteiger partial charge in [0.25, 0.3) is 0 Å². The molecule has 0 fully saturated rings. The van der Waals surface area contributed by atoms with Gasteiger partial charge in [-0.25, -0.2) is 0 Å². The summed E-state index contributed by atoms with van der Waals surface area (Å²) in [7, 11) is 1.78. The second-order valence-electron chi connectivity index (χ2n) is 7.46. The van der Waals surface area contributed by atoms with Gasteiger partial charge in [-0.05, 0) is 29.2 Å². The molecule has 31 heavy (non-hydrogen) atoms. The molecule has 0 amide bonds. The predicted octanol–water partition coefficient (Wildman–Crippen LogP) is 6.56. The van der Waals surface area contributed by atoms with Crippen molar-refractivity contribution in [3.8, 4) is 0 Å². The smallest absolute Gasteiger partial charge is 0.155 e. The Labute approximate surface area is 185 Å². The van der Waals surface area contributed by atoms with Gasteiger partial charge in [0.1, 0.15) is 0 Å². The fourth-order valence-corrected chi connectivity index (χ4v) is 4.70. The normalized spacial score (nSPS) is 11.9. The summed E-state index contributed by atoms with van der Waals surface area (Å²) in [5.74, 6) is 0. The van der Waals surface area contributed by atoms with Crippen molar-refractivity contribution >= 4 is 0 Å². The third kappa shape index (κ3) is 3.48. The van der Waals surface area contributed by atoms with Crippen molar-refractivity contribution < 1.29 is 9.47 Å². The minimum Gasteiger partial charge on any atom is -0.365 e. The van der Waals surface area contributed by atoms with Crippen LogP contribution >= 0.6 is 0 Å². The maximum absolute atomic E-state index is 6.84. The van der Waals surface area contributed by atoms with E-state index in [9.17, 15) is 0 Å². The van der Waals surface area contributed by atoms with Crippen LogP contribution in [-0.4, -0.2) is 13.7 Å². The number of ether oxygens (including phenoxy) is 2. The van der Waals surface area contributed by atoms with Gasteiger partial charge in [0, 0.05) is 13.7 Å². The molecule has 0 saturated heterocycles. The average Bonchev–Trinajstić information content (AvgIpc) is 2.86. The highest BCUT2D eigenvalue weighted by Crippen LogP contribution is 2.54. The van der Waals surface area contributed by atoms with E-state index < -0.39 is 11.2 Å². The van der Waals surface area contributed by atoms with Crippen molar-refractivity contribution in [1.29, 1.82) is 0 Å². The van der Waals surface area contributed by atoms with Crippen LogP contribution < -0.4 is 0 Å². The molecule has 0 bridgehead atoms. The molecule has 0 heterocycles. The van der Waals surface area contributed by atoms with Crippen LogP contribution in [0, 0.1) is 0 Å². The zero-order valence-corrected chi connectivity index (χ0v) is 18.1. The summed E-state index contributed by atoms with van der Waals surface area (Å²) in [6.45, 7) is 2.56. The first-order valence-corrected chi connectivity index (χ1v) is 10.7. The van der Waals surface area contributed by atoms with Gasteiger partial charge < -0.3 is 9.47 Å². The molecular weight excluding hydrogens is 380 g/mol. The Bertz CT molecular complexity index is 982. The van der Waals surface area contributed by atoms with Crippen molar-refractivity contribution in [3.05, 3.63) is 144 Å². The van der Waals surface area contributed by atoms with E-state index in [4.69, 9.17) is 9.47 Å².